The maximum absolute atomic E-state index is 9.91. The molecule has 0 aliphatic heterocycles. The SMILES string of the molecule is O=C(Cl)C=CC(Cl)Cl. The highest BCUT2D eigenvalue weighted by Crippen LogP contribution is 2.02. The molecule has 0 aliphatic rings. The van der Waals surface area contributed by atoms with Crippen LogP contribution in [0.1, 0.15) is 0 Å². The minimum Gasteiger partial charge on any atom is -0.276 e. The molecule has 4 heteroatoms. The largest absolute Gasteiger partial charge is 0.276 e. The predicted molar refractivity (Wildman–Crippen MR) is 35.5 cm³/mol. The summed E-state index contributed by atoms with van der Waals surface area (Å²) in [7, 11) is 0. The van der Waals surface area contributed by atoms with Crippen LogP contribution in [0.5, 0.6) is 0 Å². The third-order valence-electron chi connectivity index (χ3n) is 0.373. The van der Waals surface area contributed by atoms with Gasteiger partial charge in [0.15, 0.2) is 0 Å². The second-order valence-electron chi connectivity index (χ2n) is 0.998. The normalized spacial score (nSPS) is 11.0. The summed E-state index contributed by atoms with van der Waals surface area (Å²) < 4.78 is 0. The first-order valence-electron chi connectivity index (χ1n) is 1.78. The lowest BCUT2D eigenvalue weighted by molar-refractivity contribution is -0.107. The molecule has 0 bridgehead atoms. The van der Waals surface area contributed by atoms with E-state index < -0.39 is 10.1 Å². The summed E-state index contributed by atoms with van der Waals surface area (Å²) >= 11 is 15.3. The van der Waals surface area contributed by atoms with Crippen molar-refractivity contribution in [1.82, 2.24) is 0 Å². The van der Waals surface area contributed by atoms with E-state index in [0.717, 1.165) is 6.08 Å². The van der Waals surface area contributed by atoms with Gasteiger partial charge in [-0.05, 0) is 23.8 Å². The van der Waals surface area contributed by atoms with E-state index in [1.54, 1.807) is 0 Å². The molecule has 0 saturated carbocycles. The van der Waals surface area contributed by atoms with E-state index in [2.05, 4.69) is 0 Å². The Bertz CT molecular complexity index is 108. The van der Waals surface area contributed by atoms with Crippen molar-refractivity contribution in [2.24, 2.45) is 0 Å². The number of rotatable bonds is 2. The lowest BCUT2D eigenvalue weighted by atomic mass is 10.6. The van der Waals surface area contributed by atoms with Gasteiger partial charge in [0.25, 0.3) is 0 Å². The predicted octanol–water partition coefficient (Wildman–Crippen LogP) is 2.11. The molecular weight excluding hydrogens is 170 g/mol. The maximum Gasteiger partial charge on any atom is 0.244 e. The molecule has 0 unspecified atom stereocenters. The lowest BCUT2D eigenvalue weighted by Crippen LogP contribution is -1.80. The fourth-order valence-electron chi connectivity index (χ4n) is 0.148. The molecular formula is C4H3Cl3O. The van der Waals surface area contributed by atoms with E-state index >= 15 is 0 Å². The Morgan fingerprint density at radius 1 is 1.50 bits per heavy atom. The number of carbonyl (C=O) groups excluding carboxylic acids is 1. The Balaban J connectivity index is 3.50. The molecule has 0 aromatic carbocycles. The van der Waals surface area contributed by atoms with Crippen LogP contribution in [0.25, 0.3) is 0 Å². The summed E-state index contributed by atoms with van der Waals surface area (Å²) in [6, 6.07) is 0. The van der Waals surface area contributed by atoms with Gasteiger partial charge >= 0.3 is 0 Å². The smallest absolute Gasteiger partial charge is 0.244 e. The van der Waals surface area contributed by atoms with Crippen LogP contribution in [0, 0.1) is 0 Å². The Morgan fingerprint density at radius 2 is 2.00 bits per heavy atom. The summed E-state index contributed by atoms with van der Waals surface area (Å²) in [5.41, 5.74) is 0. The van der Waals surface area contributed by atoms with E-state index in [-0.39, 0.29) is 0 Å². The van der Waals surface area contributed by atoms with Gasteiger partial charge < -0.3 is 0 Å². The number of alkyl halides is 2. The van der Waals surface area contributed by atoms with Gasteiger partial charge in [0.2, 0.25) is 5.24 Å². The van der Waals surface area contributed by atoms with Crippen LogP contribution in [0.3, 0.4) is 0 Å². The molecule has 0 N–H and O–H groups in total. The van der Waals surface area contributed by atoms with Crippen LogP contribution in [0.4, 0.5) is 0 Å². The molecule has 1 nitrogen and oxygen atoms in total. The van der Waals surface area contributed by atoms with E-state index in [9.17, 15) is 4.79 Å². The van der Waals surface area contributed by atoms with Crippen LogP contribution >= 0.6 is 34.8 Å². The van der Waals surface area contributed by atoms with Crippen molar-refractivity contribution >= 4 is 40.0 Å². The Hall–Kier alpha value is 0.280. The second kappa shape index (κ2) is 4.19. The Morgan fingerprint density at radius 3 is 2.12 bits per heavy atom. The van der Waals surface area contributed by atoms with Gasteiger partial charge in [-0.3, -0.25) is 4.79 Å². The molecule has 0 spiro atoms. The van der Waals surface area contributed by atoms with Crippen LogP contribution in [-0.4, -0.2) is 10.1 Å². The molecule has 0 atom stereocenters. The van der Waals surface area contributed by atoms with Crippen molar-refractivity contribution in [2.45, 2.75) is 4.84 Å². The summed E-state index contributed by atoms with van der Waals surface area (Å²) in [6.07, 6.45) is 2.39. The minimum absolute atomic E-state index is 0.573. The molecule has 0 rings (SSSR count). The van der Waals surface area contributed by atoms with E-state index in [4.69, 9.17) is 34.8 Å². The number of carbonyl (C=O) groups is 1. The molecule has 46 valence electrons. The standard InChI is InChI=1S/C4H3Cl3O/c5-3(6)1-2-4(7)8/h1-3H. The molecule has 0 aromatic heterocycles. The molecule has 0 aromatic rings. The fraction of sp³-hybridized carbons (Fsp3) is 0.250. The van der Waals surface area contributed by atoms with E-state index in [0.29, 0.717) is 0 Å². The van der Waals surface area contributed by atoms with E-state index in [1.165, 1.54) is 6.08 Å². The summed E-state index contributed by atoms with van der Waals surface area (Å²) in [5.74, 6) is 0. The van der Waals surface area contributed by atoms with Crippen LogP contribution < -0.4 is 0 Å². The second-order valence-corrected chi connectivity index (χ2v) is 2.53. The lowest BCUT2D eigenvalue weighted by Gasteiger charge is -1.82. The monoisotopic (exact) mass is 172 g/mol. The number of halogens is 3. The van der Waals surface area contributed by atoms with Gasteiger partial charge in [-0.2, -0.15) is 0 Å². The van der Waals surface area contributed by atoms with Crippen molar-refractivity contribution < 1.29 is 4.79 Å². The molecule has 0 aliphatic carbocycles. The highest BCUT2D eigenvalue weighted by atomic mass is 35.5. The van der Waals surface area contributed by atoms with Crippen LogP contribution in [0.15, 0.2) is 12.2 Å². The van der Waals surface area contributed by atoms with Gasteiger partial charge in [-0.25, -0.2) is 0 Å². The average Bonchev–Trinajstić information content (AvgIpc) is 1.61. The Kier molecular flexibility index (Phi) is 4.33. The Labute approximate surface area is 62.2 Å². The molecule has 0 radical (unpaired) electrons. The number of hydrogen-bond donors (Lipinski definition) is 0. The third-order valence-corrected chi connectivity index (χ3v) is 0.790. The van der Waals surface area contributed by atoms with Gasteiger partial charge in [0.1, 0.15) is 4.84 Å². The van der Waals surface area contributed by atoms with Crippen LogP contribution in [0.2, 0.25) is 0 Å². The van der Waals surface area contributed by atoms with Crippen molar-refractivity contribution in [3.05, 3.63) is 12.2 Å². The number of hydrogen-bond acceptors (Lipinski definition) is 1. The van der Waals surface area contributed by atoms with E-state index in [1.807, 2.05) is 0 Å². The molecule has 0 amide bonds. The molecule has 0 saturated heterocycles. The zero-order chi connectivity index (χ0) is 6.57. The number of allylic oxidation sites excluding steroid dienone is 2. The first-order valence-corrected chi connectivity index (χ1v) is 3.04. The molecule has 8 heavy (non-hydrogen) atoms. The van der Waals surface area contributed by atoms with Crippen molar-refractivity contribution in [1.29, 1.82) is 0 Å². The molecule has 0 fully saturated rings. The van der Waals surface area contributed by atoms with Gasteiger partial charge in [0, 0.05) is 0 Å². The first-order chi connectivity index (χ1) is 3.63. The summed E-state index contributed by atoms with van der Waals surface area (Å²) in [5, 5.41) is -0.573. The zero-order valence-corrected chi connectivity index (χ0v) is 6.04. The summed E-state index contributed by atoms with van der Waals surface area (Å²) in [6.45, 7) is 0. The maximum atomic E-state index is 9.91. The van der Waals surface area contributed by atoms with Gasteiger partial charge in [-0.15, -0.1) is 23.2 Å². The highest BCUT2D eigenvalue weighted by Gasteiger charge is 1.90. The fourth-order valence-corrected chi connectivity index (χ4v) is 0.367. The first kappa shape index (κ1) is 8.28. The van der Waals surface area contributed by atoms with Crippen molar-refractivity contribution in [2.75, 3.05) is 0 Å². The molecule has 0 heterocycles. The van der Waals surface area contributed by atoms with Crippen LogP contribution in [-0.2, 0) is 4.79 Å². The summed E-state index contributed by atoms with van der Waals surface area (Å²) in [4.78, 5) is 9.25. The highest BCUT2D eigenvalue weighted by molar-refractivity contribution is 6.66. The van der Waals surface area contributed by atoms with Gasteiger partial charge in [0.05, 0.1) is 0 Å². The minimum atomic E-state index is -0.655. The average molecular weight is 173 g/mol. The van der Waals surface area contributed by atoms with Crippen molar-refractivity contribution in [3.8, 4) is 0 Å². The topological polar surface area (TPSA) is 17.1 Å². The van der Waals surface area contributed by atoms with Crippen molar-refractivity contribution in [3.63, 3.8) is 0 Å². The third kappa shape index (κ3) is 6.28. The van der Waals surface area contributed by atoms with Gasteiger partial charge in [-0.1, -0.05) is 0 Å². The zero-order valence-electron chi connectivity index (χ0n) is 3.77. The quantitative estimate of drug-likeness (QED) is 0.355.